The van der Waals surface area contributed by atoms with Gasteiger partial charge in [0.15, 0.2) is 6.10 Å². The molecule has 0 spiro atoms. The predicted octanol–water partition coefficient (Wildman–Crippen LogP) is 6.61. The summed E-state index contributed by atoms with van der Waals surface area (Å²) < 4.78 is 72.2. The molecule has 0 saturated carbocycles. The molecule has 2 N–H and O–H groups in total. The number of hydrogen-bond acceptors (Lipinski definition) is 4. The number of carbonyl (C=O) groups excluding carboxylic acids is 1. The van der Waals surface area contributed by atoms with E-state index in [2.05, 4.69) is 10.0 Å². The van der Waals surface area contributed by atoms with Gasteiger partial charge in [-0.2, -0.15) is 13.2 Å². The first kappa shape index (κ1) is 26.7. The number of rotatable bonds is 8. The Bertz CT molecular complexity index is 1320. The number of anilines is 2. The summed E-state index contributed by atoms with van der Waals surface area (Å²) in [5, 5.41) is 2.43. The zero-order chi connectivity index (χ0) is 25.8. The van der Waals surface area contributed by atoms with Gasteiger partial charge in [-0.05, 0) is 61.0 Å². The summed E-state index contributed by atoms with van der Waals surface area (Å²) >= 11 is 11.6. The third-order valence-corrected chi connectivity index (χ3v) is 6.76. The second kappa shape index (κ2) is 10.8. The van der Waals surface area contributed by atoms with E-state index in [1.807, 2.05) is 0 Å². The number of carbonyl (C=O) groups is 1. The lowest BCUT2D eigenvalue weighted by Gasteiger charge is -2.18. The molecule has 0 bridgehead atoms. The average Bonchev–Trinajstić information content (AvgIpc) is 2.79. The number of alkyl halides is 3. The molecule has 0 saturated heterocycles. The Hall–Kier alpha value is -2.95. The Morgan fingerprint density at radius 2 is 1.60 bits per heavy atom. The minimum absolute atomic E-state index is 0.224. The highest BCUT2D eigenvalue weighted by Crippen LogP contribution is 2.36. The molecule has 35 heavy (non-hydrogen) atoms. The number of hydrogen-bond donors (Lipinski definition) is 2. The van der Waals surface area contributed by atoms with E-state index in [9.17, 15) is 26.4 Å². The maximum absolute atomic E-state index is 13.0. The van der Waals surface area contributed by atoms with Crippen molar-refractivity contribution in [1.29, 1.82) is 0 Å². The number of para-hydroxylation sites is 1. The molecule has 1 atom stereocenters. The topological polar surface area (TPSA) is 84.5 Å². The van der Waals surface area contributed by atoms with Crippen molar-refractivity contribution in [3.63, 3.8) is 0 Å². The second-order valence-electron chi connectivity index (χ2n) is 7.26. The number of amides is 1. The molecule has 0 fully saturated rings. The van der Waals surface area contributed by atoms with Crippen molar-refractivity contribution in [2.45, 2.75) is 30.5 Å². The monoisotopic (exact) mass is 546 g/mol. The first-order chi connectivity index (χ1) is 16.4. The molecule has 186 valence electrons. The Balaban J connectivity index is 1.71. The van der Waals surface area contributed by atoms with E-state index in [1.165, 1.54) is 24.3 Å². The molecule has 3 aromatic carbocycles. The van der Waals surface area contributed by atoms with Gasteiger partial charge in [0.25, 0.3) is 15.9 Å². The average molecular weight is 547 g/mol. The van der Waals surface area contributed by atoms with Gasteiger partial charge >= 0.3 is 6.18 Å². The molecule has 0 aromatic heterocycles. The zero-order valence-electron chi connectivity index (χ0n) is 18.1. The Labute approximate surface area is 210 Å². The summed E-state index contributed by atoms with van der Waals surface area (Å²) in [5.41, 5.74) is -1.18. The largest absolute Gasteiger partial charge is 0.479 e. The minimum Gasteiger partial charge on any atom is -0.479 e. The van der Waals surface area contributed by atoms with Crippen molar-refractivity contribution in [3.05, 3.63) is 82.3 Å². The van der Waals surface area contributed by atoms with Gasteiger partial charge in [-0.15, -0.1) is 0 Å². The fourth-order valence-electron chi connectivity index (χ4n) is 2.98. The van der Waals surface area contributed by atoms with Crippen molar-refractivity contribution in [2.24, 2.45) is 0 Å². The summed E-state index contributed by atoms with van der Waals surface area (Å²) in [7, 11) is -4.21. The Kier molecular flexibility index (Phi) is 8.19. The molecule has 0 unspecified atom stereocenters. The van der Waals surface area contributed by atoms with Crippen LogP contribution in [0.2, 0.25) is 10.0 Å². The highest BCUT2D eigenvalue weighted by Gasteiger charge is 2.33. The minimum atomic E-state index is -4.75. The van der Waals surface area contributed by atoms with Crippen LogP contribution in [0.4, 0.5) is 24.5 Å². The Morgan fingerprint density at radius 3 is 2.20 bits per heavy atom. The molecule has 3 aromatic rings. The molecule has 0 aliphatic rings. The quantitative estimate of drug-likeness (QED) is 0.333. The van der Waals surface area contributed by atoms with Crippen LogP contribution in [0.15, 0.2) is 71.6 Å². The van der Waals surface area contributed by atoms with Crippen molar-refractivity contribution in [3.8, 4) is 5.75 Å². The molecule has 0 radical (unpaired) electrons. The highest BCUT2D eigenvalue weighted by molar-refractivity contribution is 7.92. The molecule has 1 amide bonds. The molecule has 0 heterocycles. The van der Waals surface area contributed by atoms with Crippen LogP contribution in [0.5, 0.6) is 5.75 Å². The van der Waals surface area contributed by atoms with Gasteiger partial charge in [0.2, 0.25) is 0 Å². The fourth-order valence-corrected chi connectivity index (χ4v) is 4.43. The van der Waals surface area contributed by atoms with Gasteiger partial charge in [-0.3, -0.25) is 9.52 Å². The van der Waals surface area contributed by atoms with Crippen LogP contribution >= 0.6 is 23.2 Å². The van der Waals surface area contributed by atoms with Crippen molar-refractivity contribution >= 4 is 50.5 Å². The van der Waals surface area contributed by atoms with Crippen LogP contribution in [-0.2, 0) is 21.0 Å². The van der Waals surface area contributed by atoms with Crippen LogP contribution in [-0.4, -0.2) is 20.4 Å². The summed E-state index contributed by atoms with van der Waals surface area (Å²) in [6.45, 7) is 1.75. The third-order valence-electron chi connectivity index (χ3n) is 4.73. The standard InChI is InChI=1S/C23H19Cl2F3N2O4S/c1-2-20(34-21-6-4-3-5-19(21)25)22(31)29-14-7-10-16(11-8-14)35(32,33)30-15-9-12-18(24)17(13-15)23(26,27)28/h3-13,20,30H,2H2,1H3,(H,29,31)/t20-/m1/s1. The Morgan fingerprint density at radius 1 is 0.971 bits per heavy atom. The van der Waals surface area contributed by atoms with Crippen LogP contribution in [0.25, 0.3) is 0 Å². The third kappa shape index (κ3) is 6.81. The van der Waals surface area contributed by atoms with Gasteiger partial charge < -0.3 is 10.1 Å². The zero-order valence-corrected chi connectivity index (χ0v) is 20.4. The van der Waals surface area contributed by atoms with E-state index in [0.29, 0.717) is 28.9 Å². The van der Waals surface area contributed by atoms with E-state index in [1.54, 1.807) is 31.2 Å². The first-order valence-corrected chi connectivity index (χ1v) is 12.4. The van der Waals surface area contributed by atoms with Crippen molar-refractivity contribution < 1.29 is 31.1 Å². The van der Waals surface area contributed by atoms with Crippen LogP contribution in [0, 0.1) is 0 Å². The van der Waals surface area contributed by atoms with E-state index in [0.717, 1.165) is 12.1 Å². The van der Waals surface area contributed by atoms with Crippen LogP contribution < -0.4 is 14.8 Å². The molecule has 3 rings (SSSR count). The van der Waals surface area contributed by atoms with Gasteiger partial charge in [0.1, 0.15) is 5.75 Å². The lowest BCUT2D eigenvalue weighted by Crippen LogP contribution is -2.32. The molecule has 0 aliphatic heterocycles. The lowest BCUT2D eigenvalue weighted by atomic mass is 10.2. The van der Waals surface area contributed by atoms with Gasteiger partial charge in [-0.1, -0.05) is 42.3 Å². The summed E-state index contributed by atoms with van der Waals surface area (Å²) in [4.78, 5) is 12.4. The maximum Gasteiger partial charge on any atom is 0.417 e. The molecular weight excluding hydrogens is 528 g/mol. The van der Waals surface area contributed by atoms with E-state index in [4.69, 9.17) is 27.9 Å². The van der Waals surface area contributed by atoms with Gasteiger partial charge in [0.05, 0.1) is 20.5 Å². The van der Waals surface area contributed by atoms with Crippen molar-refractivity contribution in [1.82, 2.24) is 0 Å². The fraction of sp³-hybridized carbons (Fsp3) is 0.174. The molecule has 6 nitrogen and oxygen atoms in total. The summed E-state index contributed by atoms with van der Waals surface area (Å²) in [5.74, 6) is -0.124. The second-order valence-corrected chi connectivity index (χ2v) is 9.75. The SMILES string of the molecule is CC[C@@H](Oc1ccccc1Cl)C(=O)Nc1ccc(S(=O)(=O)Nc2ccc(Cl)c(C(F)(F)F)c2)cc1. The number of halogens is 5. The molecule has 12 heteroatoms. The maximum atomic E-state index is 13.0. The van der Waals surface area contributed by atoms with E-state index >= 15 is 0 Å². The number of ether oxygens (including phenoxy) is 1. The number of nitrogens with one attached hydrogen (secondary N) is 2. The number of sulfonamides is 1. The predicted molar refractivity (Wildman–Crippen MR) is 128 cm³/mol. The molecular formula is C23H19Cl2F3N2O4S. The number of benzene rings is 3. The van der Waals surface area contributed by atoms with Crippen molar-refractivity contribution in [2.75, 3.05) is 10.0 Å². The first-order valence-electron chi connectivity index (χ1n) is 10.1. The van der Waals surface area contributed by atoms with E-state index in [-0.39, 0.29) is 10.6 Å². The summed E-state index contributed by atoms with van der Waals surface area (Å²) in [6.07, 6.45) is -5.26. The normalized spacial score (nSPS) is 12.6. The van der Waals surface area contributed by atoms with Gasteiger partial charge in [-0.25, -0.2) is 8.42 Å². The highest BCUT2D eigenvalue weighted by atomic mass is 35.5. The van der Waals surface area contributed by atoms with E-state index < -0.39 is 38.8 Å². The summed E-state index contributed by atoms with van der Waals surface area (Å²) in [6, 6.07) is 14.5. The van der Waals surface area contributed by atoms with Crippen LogP contribution in [0.1, 0.15) is 18.9 Å². The van der Waals surface area contributed by atoms with Crippen LogP contribution in [0.3, 0.4) is 0 Å². The molecule has 0 aliphatic carbocycles. The smallest absolute Gasteiger partial charge is 0.417 e. The van der Waals surface area contributed by atoms with Gasteiger partial charge in [0, 0.05) is 11.4 Å². The lowest BCUT2D eigenvalue weighted by molar-refractivity contribution is -0.137.